The Hall–Kier alpha value is -2.46. The fourth-order valence-corrected chi connectivity index (χ4v) is 2.38. The second-order valence-electron chi connectivity index (χ2n) is 5.08. The molecule has 0 aliphatic carbocycles. The fraction of sp³-hybridized carbons (Fsp3) is 0.118. The molecule has 0 aliphatic heterocycles. The Bertz CT molecular complexity index is 817. The van der Waals surface area contributed by atoms with Crippen LogP contribution in [0.2, 0.25) is 0 Å². The third-order valence-electron chi connectivity index (χ3n) is 3.51. The Morgan fingerprint density at radius 3 is 2.71 bits per heavy atom. The van der Waals surface area contributed by atoms with Gasteiger partial charge in [0.05, 0.1) is 5.52 Å². The molecular weight excluding hydrogens is 267 g/mol. The van der Waals surface area contributed by atoms with Crippen LogP contribution in [0, 0.1) is 12.7 Å². The summed E-state index contributed by atoms with van der Waals surface area (Å²) in [5, 5.41) is 11.4. The first-order valence-corrected chi connectivity index (χ1v) is 6.65. The van der Waals surface area contributed by atoms with Gasteiger partial charge >= 0.3 is 0 Å². The summed E-state index contributed by atoms with van der Waals surface area (Å²) in [6.45, 7) is 1.93. The standard InChI is InChI=1S/C17H15FN2O/c1-10-2-3-11-8-12(4-7-16(11)20-10)17(21)14-9-13(18)5-6-15(14)19/h2-9,17,21H,19H2,1H3. The number of rotatable bonds is 2. The summed E-state index contributed by atoms with van der Waals surface area (Å²) in [6, 6.07) is 13.3. The van der Waals surface area contributed by atoms with Crippen molar-refractivity contribution in [3.05, 3.63) is 71.2 Å². The van der Waals surface area contributed by atoms with Crippen molar-refractivity contribution in [2.24, 2.45) is 0 Å². The summed E-state index contributed by atoms with van der Waals surface area (Å²) in [5.41, 5.74) is 9.01. The number of halogens is 1. The molecule has 0 fully saturated rings. The van der Waals surface area contributed by atoms with Gasteiger partial charge in [0.1, 0.15) is 11.9 Å². The van der Waals surface area contributed by atoms with Crippen molar-refractivity contribution in [3.8, 4) is 0 Å². The SMILES string of the molecule is Cc1ccc2cc(C(O)c3cc(F)ccc3N)ccc2n1. The third kappa shape index (κ3) is 2.58. The maximum absolute atomic E-state index is 13.3. The zero-order chi connectivity index (χ0) is 15.0. The summed E-state index contributed by atoms with van der Waals surface area (Å²) in [4.78, 5) is 4.41. The van der Waals surface area contributed by atoms with E-state index in [4.69, 9.17) is 5.73 Å². The number of aliphatic hydroxyl groups excluding tert-OH is 1. The number of nitrogens with two attached hydrogens (primary N) is 1. The fourth-order valence-electron chi connectivity index (χ4n) is 2.38. The number of fused-ring (bicyclic) bond motifs is 1. The lowest BCUT2D eigenvalue weighted by atomic mass is 9.98. The number of nitrogen functional groups attached to an aromatic ring is 1. The second kappa shape index (κ2) is 5.14. The minimum atomic E-state index is -0.966. The number of anilines is 1. The van der Waals surface area contributed by atoms with Gasteiger partial charge in [-0.2, -0.15) is 0 Å². The average Bonchev–Trinajstić information content (AvgIpc) is 2.48. The molecule has 3 N–H and O–H groups in total. The Balaban J connectivity index is 2.07. The molecule has 0 saturated heterocycles. The average molecular weight is 282 g/mol. The maximum Gasteiger partial charge on any atom is 0.123 e. The van der Waals surface area contributed by atoms with Crippen LogP contribution < -0.4 is 5.73 Å². The van der Waals surface area contributed by atoms with E-state index in [9.17, 15) is 9.50 Å². The van der Waals surface area contributed by atoms with Gasteiger partial charge in [-0.25, -0.2) is 4.39 Å². The smallest absolute Gasteiger partial charge is 0.123 e. The van der Waals surface area contributed by atoms with E-state index >= 15 is 0 Å². The van der Waals surface area contributed by atoms with Gasteiger partial charge in [0.15, 0.2) is 0 Å². The van der Waals surface area contributed by atoms with Gasteiger partial charge in [0, 0.05) is 22.3 Å². The molecule has 1 atom stereocenters. The van der Waals surface area contributed by atoms with E-state index in [0.717, 1.165) is 16.6 Å². The summed E-state index contributed by atoms with van der Waals surface area (Å²) >= 11 is 0. The highest BCUT2D eigenvalue weighted by Gasteiger charge is 2.15. The van der Waals surface area contributed by atoms with Crippen LogP contribution >= 0.6 is 0 Å². The first-order valence-electron chi connectivity index (χ1n) is 6.65. The Kier molecular flexibility index (Phi) is 3.31. The zero-order valence-corrected chi connectivity index (χ0v) is 11.5. The van der Waals surface area contributed by atoms with Crippen LogP contribution in [0.4, 0.5) is 10.1 Å². The molecule has 3 nitrogen and oxygen atoms in total. The highest BCUT2D eigenvalue weighted by Crippen LogP contribution is 2.29. The minimum Gasteiger partial charge on any atom is -0.398 e. The summed E-state index contributed by atoms with van der Waals surface area (Å²) < 4.78 is 13.3. The normalized spacial score (nSPS) is 12.5. The second-order valence-corrected chi connectivity index (χ2v) is 5.08. The van der Waals surface area contributed by atoms with E-state index in [1.54, 1.807) is 6.07 Å². The summed E-state index contributed by atoms with van der Waals surface area (Å²) in [5.74, 6) is -0.420. The number of pyridine rings is 1. The minimum absolute atomic E-state index is 0.367. The van der Waals surface area contributed by atoms with Crippen molar-refractivity contribution in [1.29, 1.82) is 0 Å². The largest absolute Gasteiger partial charge is 0.398 e. The number of benzene rings is 2. The van der Waals surface area contributed by atoms with Crippen LogP contribution in [0.3, 0.4) is 0 Å². The third-order valence-corrected chi connectivity index (χ3v) is 3.51. The Morgan fingerprint density at radius 1 is 1.10 bits per heavy atom. The van der Waals surface area contributed by atoms with Gasteiger partial charge < -0.3 is 10.8 Å². The topological polar surface area (TPSA) is 59.1 Å². The van der Waals surface area contributed by atoms with E-state index in [0.29, 0.717) is 16.8 Å². The molecule has 1 unspecified atom stereocenters. The molecule has 1 heterocycles. The molecule has 0 saturated carbocycles. The van der Waals surface area contributed by atoms with E-state index in [-0.39, 0.29) is 0 Å². The molecule has 21 heavy (non-hydrogen) atoms. The predicted octanol–water partition coefficient (Wildman–Crippen LogP) is 3.35. The Labute approximate surface area is 121 Å². The molecular formula is C17H15FN2O. The van der Waals surface area contributed by atoms with Gasteiger partial charge in [0.25, 0.3) is 0 Å². The van der Waals surface area contributed by atoms with Gasteiger partial charge in [-0.05, 0) is 48.9 Å². The van der Waals surface area contributed by atoms with Gasteiger partial charge in [-0.3, -0.25) is 4.98 Å². The van der Waals surface area contributed by atoms with Crippen LogP contribution in [0.1, 0.15) is 22.9 Å². The van der Waals surface area contributed by atoms with Crippen molar-refractivity contribution >= 4 is 16.6 Å². The van der Waals surface area contributed by atoms with Crippen LogP contribution in [0.15, 0.2) is 48.5 Å². The first kappa shape index (κ1) is 13.5. The van der Waals surface area contributed by atoms with Crippen molar-refractivity contribution in [3.63, 3.8) is 0 Å². The van der Waals surface area contributed by atoms with Gasteiger partial charge in [-0.15, -0.1) is 0 Å². The lowest BCUT2D eigenvalue weighted by molar-refractivity contribution is 0.220. The van der Waals surface area contributed by atoms with Crippen molar-refractivity contribution in [2.75, 3.05) is 5.73 Å². The van der Waals surface area contributed by atoms with E-state index in [2.05, 4.69) is 4.98 Å². The molecule has 2 aromatic carbocycles. The van der Waals surface area contributed by atoms with E-state index < -0.39 is 11.9 Å². The molecule has 0 amide bonds. The quantitative estimate of drug-likeness (QED) is 0.709. The van der Waals surface area contributed by atoms with Gasteiger partial charge in [0.2, 0.25) is 0 Å². The molecule has 0 spiro atoms. The van der Waals surface area contributed by atoms with Crippen LogP contribution in [0.25, 0.3) is 10.9 Å². The molecule has 0 bridgehead atoms. The molecule has 1 aromatic heterocycles. The number of hydrogen-bond acceptors (Lipinski definition) is 3. The predicted molar refractivity (Wildman–Crippen MR) is 81.4 cm³/mol. The lowest BCUT2D eigenvalue weighted by Crippen LogP contribution is -2.04. The van der Waals surface area contributed by atoms with Crippen LogP contribution in [-0.2, 0) is 0 Å². The van der Waals surface area contributed by atoms with Crippen LogP contribution in [-0.4, -0.2) is 10.1 Å². The molecule has 3 rings (SSSR count). The monoisotopic (exact) mass is 282 g/mol. The molecule has 3 aromatic rings. The summed E-state index contributed by atoms with van der Waals surface area (Å²) in [6.07, 6.45) is -0.966. The molecule has 0 radical (unpaired) electrons. The van der Waals surface area contributed by atoms with E-state index in [1.807, 2.05) is 31.2 Å². The number of nitrogens with zero attached hydrogens (tertiary/aromatic N) is 1. The molecule has 106 valence electrons. The number of aliphatic hydroxyl groups is 1. The molecule has 0 aliphatic rings. The van der Waals surface area contributed by atoms with Crippen molar-refractivity contribution in [1.82, 2.24) is 4.98 Å². The highest BCUT2D eigenvalue weighted by atomic mass is 19.1. The lowest BCUT2D eigenvalue weighted by Gasteiger charge is -2.14. The van der Waals surface area contributed by atoms with Crippen LogP contribution in [0.5, 0.6) is 0 Å². The molecule has 4 heteroatoms. The van der Waals surface area contributed by atoms with E-state index in [1.165, 1.54) is 18.2 Å². The zero-order valence-electron chi connectivity index (χ0n) is 11.5. The number of aryl methyl sites for hydroxylation is 1. The number of aromatic nitrogens is 1. The van der Waals surface area contributed by atoms with Gasteiger partial charge in [-0.1, -0.05) is 12.1 Å². The maximum atomic E-state index is 13.3. The Morgan fingerprint density at radius 2 is 1.90 bits per heavy atom. The highest BCUT2D eigenvalue weighted by molar-refractivity contribution is 5.79. The van der Waals surface area contributed by atoms with Crippen molar-refractivity contribution < 1.29 is 9.50 Å². The number of hydrogen-bond donors (Lipinski definition) is 2. The summed E-state index contributed by atoms with van der Waals surface area (Å²) in [7, 11) is 0. The van der Waals surface area contributed by atoms with Crippen molar-refractivity contribution in [2.45, 2.75) is 13.0 Å². The first-order chi connectivity index (χ1) is 10.0.